The number of benzene rings is 1. The molecule has 1 atom stereocenters. The molecule has 0 saturated heterocycles. The maximum Gasteiger partial charge on any atom is 0.153 e. The molecule has 2 nitrogen and oxygen atoms in total. The summed E-state index contributed by atoms with van der Waals surface area (Å²) in [5, 5.41) is 0. The van der Waals surface area contributed by atoms with E-state index >= 15 is 0 Å². The second kappa shape index (κ2) is 3.93. The minimum absolute atomic E-state index is 0.0601. The Labute approximate surface area is 84.1 Å². The average molecular weight is 189 g/mol. The summed E-state index contributed by atoms with van der Waals surface area (Å²) < 4.78 is 0. The molecule has 0 fully saturated rings. The van der Waals surface area contributed by atoms with Crippen LogP contribution < -0.4 is 5.73 Å². The SMILES string of the molecule is NCC(=O)C1CCCc2ccccc21. The van der Waals surface area contributed by atoms with E-state index in [0.717, 1.165) is 19.3 Å². The quantitative estimate of drug-likeness (QED) is 0.768. The molecule has 0 saturated carbocycles. The van der Waals surface area contributed by atoms with E-state index in [1.54, 1.807) is 0 Å². The fraction of sp³-hybridized carbons (Fsp3) is 0.417. The van der Waals surface area contributed by atoms with Crippen LogP contribution in [0, 0.1) is 0 Å². The Balaban J connectivity index is 2.35. The summed E-state index contributed by atoms with van der Waals surface area (Å²) >= 11 is 0. The summed E-state index contributed by atoms with van der Waals surface area (Å²) in [6.07, 6.45) is 3.17. The van der Waals surface area contributed by atoms with Gasteiger partial charge in [-0.15, -0.1) is 0 Å². The van der Waals surface area contributed by atoms with Gasteiger partial charge >= 0.3 is 0 Å². The average Bonchev–Trinajstić information content (AvgIpc) is 2.27. The molecule has 0 aliphatic heterocycles. The van der Waals surface area contributed by atoms with Crippen molar-refractivity contribution in [3.05, 3.63) is 35.4 Å². The molecule has 0 bridgehead atoms. The summed E-state index contributed by atoms with van der Waals surface area (Å²) in [6, 6.07) is 8.22. The van der Waals surface area contributed by atoms with Gasteiger partial charge in [0, 0.05) is 5.92 Å². The van der Waals surface area contributed by atoms with Gasteiger partial charge in [0.2, 0.25) is 0 Å². The number of hydrogen-bond donors (Lipinski definition) is 1. The highest BCUT2D eigenvalue weighted by Gasteiger charge is 2.24. The first-order valence-electron chi connectivity index (χ1n) is 5.13. The monoisotopic (exact) mass is 189 g/mol. The zero-order chi connectivity index (χ0) is 9.97. The van der Waals surface area contributed by atoms with Crippen LogP contribution in [0.4, 0.5) is 0 Å². The molecule has 2 N–H and O–H groups in total. The van der Waals surface area contributed by atoms with Crippen LogP contribution in [0.15, 0.2) is 24.3 Å². The maximum absolute atomic E-state index is 11.6. The highest BCUT2D eigenvalue weighted by Crippen LogP contribution is 2.31. The molecule has 2 heteroatoms. The van der Waals surface area contributed by atoms with Gasteiger partial charge in [-0.3, -0.25) is 4.79 Å². The zero-order valence-corrected chi connectivity index (χ0v) is 8.20. The Hall–Kier alpha value is -1.15. The van der Waals surface area contributed by atoms with Crippen LogP contribution in [-0.2, 0) is 11.2 Å². The van der Waals surface area contributed by atoms with Gasteiger partial charge in [0.15, 0.2) is 5.78 Å². The van der Waals surface area contributed by atoms with E-state index in [4.69, 9.17) is 5.73 Å². The number of rotatable bonds is 2. The molecule has 1 unspecified atom stereocenters. The first-order chi connectivity index (χ1) is 6.83. The summed E-state index contributed by atoms with van der Waals surface area (Å²) in [5.74, 6) is 0.238. The number of Topliss-reactive ketones (excluding diaryl/α,β-unsaturated/α-hetero) is 1. The van der Waals surface area contributed by atoms with E-state index in [-0.39, 0.29) is 18.2 Å². The lowest BCUT2D eigenvalue weighted by molar-refractivity contribution is -0.119. The minimum Gasteiger partial charge on any atom is -0.324 e. The van der Waals surface area contributed by atoms with Crippen LogP contribution in [0.2, 0.25) is 0 Å². The largest absolute Gasteiger partial charge is 0.324 e. The smallest absolute Gasteiger partial charge is 0.153 e. The second-order valence-corrected chi connectivity index (χ2v) is 3.81. The number of carbonyl (C=O) groups excluding carboxylic acids is 1. The minimum atomic E-state index is 0.0601. The van der Waals surface area contributed by atoms with Crippen molar-refractivity contribution in [1.82, 2.24) is 0 Å². The first-order valence-corrected chi connectivity index (χ1v) is 5.13. The van der Waals surface area contributed by atoms with E-state index in [1.165, 1.54) is 11.1 Å². The van der Waals surface area contributed by atoms with Crippen molar-refractivity contribution in [2.75, 3.05) is 6.54 Å². The van der Waals surface area contributed by atoms with Crippen LogP contribution in [0.25, 0.3) is 0 Å². The Morgan fingerprint density at radius 2 is 2.21 bits per heavy atom. The van der Waals surface area contributed by atoms with Gasteiger partial charge in [-0.1, -0.05) is 24.3 Å². The Kier molecular flexibility index (Phi) is 2.64. The van der Waals surface area contributed by atoms with E-state index in [0.29, 0.717) is 0 Å². The highest BCUT2D eigenvalue weighted by atomic mass is 16.1. The summed E-state index contributed by atoms with van der Waals surface area (Å²) in [4.78, 5) is 11.6. The van der Waals surface area contributed by atoms with Crippen LogP contribution in [0.1, 0.15) is 29.9 Å². The molecule has 74 valence electrons. The van der Waals surface area contributed by atoms with Crippen LogP contribution in [-0.4, -0.2) is 12.3 Å². The second-order valence-electron chi connectivity index (χ2n) is 3.81. The highest BCUT2D eigenvalue weighted by molar-refractivity contribution is 5.87. The van der Waals surface area contributed by atoms with E-state index in [2.05, 4.69) is 12.1 Å². The van der Waals surface area contributed by atoms with E-state index < -0.39 is 0 Å². The van der Waals surface area contributed by atoms with Crippen LogP contribution in [0.5, 0.6) is 0 Å². The van der Waals surface area contributed by atoms with E-state index in [1.807, 2.05) is 12.1 Å². The topological polar surface area (TPSA) is 43.1 Å². The van der Waals surface area contributed by atoms with Crippen LogP contribution >= 0.6 is 0 Å². The van der Waals surface area contributed by atoms with Crippen molar-refractivity contribution < 1.29 is 4.79 Å². The fourth-order valence-electron chi connectivity index (χ4n) is 2.23. The number of ketones is 1. The standard InChI is InChI=1S/C12H15NO/c13-8-12(14)11-7-3-5-9-4-1-2-6-10(9)11/h1-2,4,6,11H,3,5,7-8,13H2. The van der Waals surface area contributed by atoms with Gasteiger partial charge in [-0.2, -0.15) is 0 Å². The molecule has 1 aliphatic carbocycles. The van der Waals surface area contributed by atoms with Gasteiger partial charge in [0.05, 0.1) is 6.54 Å². The van der Waals surface area contributed by atoms with Crippen molar-refractivity contribution >= 4 is 5.78 Å². The third-order valence-electron chi connectivity index (χ3n) is 2.96. The molecule has 0 heterocycles. The molecular formula is C12H15NO. The summed E-state index contributed by atoms with van der Waals surface area (Å²) in [5.41, 5.74) is 7.94. The molecule has 1 aromatic carbocycles. The number of aryl methyl sites for hydroxylation is 1. The maximum atomic E-state index is 11.6. The van der Waals surface area contributed by atoms with Gasteiger partial charge in [-0.05, 0) is 30.4 Å². The first kappa shape index (κ1) is 9.41. The molecule has 1 aromatic rings. The summed E-state index contributed by atoms with van der Waals surface area (Å²) in [6.45, 7) is 0.166. The lowest BCUT2D eigenvalue weighted by Gasteiger charge is -2.23. The predicted molar refractivity (Wildman–Crippen MR) is 56.2 cm³/mol. The lowest BCUT2D eigenvalue weighted by atomic mass is 9.80. The number of carbonyl (C=O) groups is 1. The normalized spacial score (nSPS) is 20.2. The third-order valence-corrected chi connectivity index (χ3v) is 2.96. The van der Waals surface area contributed by atoms with Crippen molar-refractivity contribution in [3.8, 4) is 0 Å². The van der Waals surface area contributed by atoms with Gasteiger partial charge < -0.3 is 5.73 Å². The molecule has 0 radical (unpaired) electrons. The van der Waals surface area contributed by atoms with Crippen LogP contribution in [0.3, 0.4) is 0 Å². The molecule has 0 aromatic heterocycles. The lowest BCUT2D eigenvalue weighted by Crippen LogP contribution is -2.24. The van der Waals surface area contributed by atoms with E-state index in [9.17, 15) is 4.79 Å². The predicted octanol–water partition coefficient (Wildman–Crippen LogP) is 1.63. The zero-order valence-electron chi connectivity index (χ0n) is 8.20. The summed E-state index contributed by atoms with van der Waals surface area (Å²) in [7, 11) is 0. The molecule has 14 heavy (non-hydrogen) atoms. The van der Waals surface area contributed by atoms with Gasteiger partial charge in [0.25, 0.3) is 0 Å². The molecule has 0 amide bonds. The fourth-order valence-corrected chi connectivity index (χ4v) is 2.23. The molecule has 0 spiro atoms. The van der Waals surface area contributed by atoms with Gasteiger partial charge in [0.1, 0.15) is 0 Å². The third kappa shape index (κ3) is 1.58. The molecule has 1 aliphatic rings. The Bertz CT molecular complexity index is 346. The molecule has 2 rings (SSSR count). The number of fused-ring (bicyclic) bond motifs is 1. The molecular weight excluding hydrogens is 174 g/mol. The van der Waals surface area contributed by atoms with Crippen molar-refractivity contribution in [2.24, 2.45) is 5.73 Å². The number of nitrogens with two attached hydrogens (primary N) is 1. The Morgan fingerprint density at radius 3 is 3.00 bits per heavy atom. The van der Waals surface area contributed by atoms with Crippen molar-refractivity contribution in [2.45, 2.75) is 25.2 Å². The van der Waals surface area contributed by atoms with Crippen molar-refractivity contribution in [1.29, 1.82) is 0 Å². The van der Waals surface area contributed by atoms with Gasteiger partial charge in [-0.25, -0.2) is 0 Å². The van der Waals surface area contributed by atoms with Crippen molar-refractivity contribution in [3.63, 3.8) is 0 Å². The number of hydrogen-bond acceptors (Lipinski definition) is 2. The Morgan fingerprint density at radius 1 is 1.43 bits per heavy atom.